The summed E-state index contributed by atoms with van der Waals surface area (Å²) in [5, 5.41) is 10.3. The Balaban J connectivity index is 1.44. The van der Waals surface area contributed by atoms with Crippen molar-refractivity contribution in [1.29, 1.82) is 0 Å². The molecule has 1 amide bonds. The fourth-order valence-corrected chi connectivity index (χ4v) is 5.14. The van der Waals surface area contributed by atoms with Gasteiger partial charge in [0.2, 0.25) is 15.9 Å². The molecule has 0 bridgehead atoms. The van der Waals surface area contributed by atoms with Crippen molar-refractivity contribution < 1.29 is 17.6 Å². The predicted molar refractivity (Wildman–Crippen MR) is 119 cm³/mol. The van der Waals surface area contributed by atoms with Crippen LogP contribution in [0.25, 0.3) is 11.5 Å². The molecule has 1 saturated heterocycles. The monoisotopic (exact) mass is 504 g/mol. The molecule has 1 aliphatic rings. The number of hydrogen-bond donors (Lipinski definition) is 1. The van der Waals surface area contributed by atoms with E-state index >= 15 is 0 Å². The van der Waals surface area contributed by atoms with Crippen molar-refractivity contribution in [2.24, 2.45) is 0 Å². The van der Waals surface area contributed by atoms with Crippen LogP contribution in [0.1, 0.15) is 36.0 Å². The molecule has 2 heterocycles. The molecule has 162 valence electrons. The quantitative estimate of drug-likeness (QED) is 0.554. The van der Waals surface area contributed by atoms with Gasteiger partial charge < -0.3 is 4.42 Å². The second-order valence-corrected chi connectivity index (χ2v) is 10.1. The van der Waals surface area contributed by atoms with Crippen LogP contribution in [0.4, 0.5) is 6.01 Å². The number of nitrogens with one attached hydrogen (secondary N) is 1. The van der Waals surface area contributed by atoms with Crippen molar-refractivity contribution in [3.05, 3.63) is 58.6 Å². The number of sulfonamides is 1. The van der Waals surface area contributed by atoms with Gasteiger partial charge in [-0.2, -0.15) is 4.31 Å². The molecule has 1 aromatic heterocycles. The van der Waals surface area contributed by atoms with E-state index in [9.17, 15) is 13.2 Å². The van der Waals surface area contributed by atoms with Gasteiger partial charge in [-0.3, -0.25) is 10.1 Å². The zero-order chi connectivity index (χ0) is 21.8. The van der Waals surface area contributed by atoms with Gasteiger partial charge in [0.25, 0.3) is 5.91 Å². The Morgan fingerprint density at radius 1 is 0.935 bits per heavy atom. The average molecular weight is 505 g/mol. The Hall–Kier alpha value is -2.56. The summed E-state index contributed by atoms with van der Waals surface area (Å²) in [6.07, 6.45) is 3.83. The molecular formula is C21H21BrN4O4S. The number of anilines is 1. The van der Waals surface area contributed by atoms with Crippen LogP contribution >= 0.6 is 15.9 Å². The van der Waals surface area contributed by atoms with Crippen LogP contribution in [0.15, 0.2) is 62.3 Å². The maximum Gasteiger partial charge on any atom is 0.322 e. The van der Waals surface area contributed by atoms with Crippen molar-refractivity contribution in [3.8, 4) is 11.5 Å². The summed E-state index contributed by atoms with van der Waals surface area (Å²) in [7, 11) is -3.56. The number of benzene rings is 2. The van der Waals surface area contributed by atoms with Crippen LogP contribution in [-0.4, -0.2) is 41.9 Å². The summed E-state index contributed by atoms with van der Waals surface area (Å²) in [6, 6.07) is 13.1. The molecule has 1 aliphatic heterocycles. The number of carbonyl (C=O) groups is 1. The molecule has 0 radical (unpaired) electrons. The van der Waals surface area contributed by atoms with E-state index in [0.717, 1.165) is 35.7 Å². The Morgan fingerprint density at radius 2 is 1.58 bits per heavy atom. The van der Waals surface area contributed by atoms with E-state index in [1.54, 1.807) is 0 Å². The number of halogens is 1. The molecule has 0 aliphatic carbocycles. The minimum absolute atomic E-state index is 0.0378. The third-order valence-electron chi connectivity index (χ3n) is 5.06. The second-order valence-electron chi connectivity index (χ2n) is 7.22. The largest absolute Gasteiger partial charge is 0.403 e. The minimum Gasteiger partial charge on any atom is -0.403 e. The highest BCUT2D eigenvalue weighted by atomic mass is 79.9. The molecule has 3 aromatic rings. The molecule has 1 N–H and O–H groups in total. The zero-order valence-electron chi connectivity index (χ0n) is 16.6. The lowest BCUT2D eigenvalue weighted by Crippen LogP contribution is -2.31. The third kappa shape index (κ3) is 5.03. The first-order valence-corrected chi connectivity index (χ1v) is 12.2. The lowest BCUT2D eigenvalue weighted by molar-refractivity contribution is 0.102. The Kier molecular flexibility index (Phi) is 6.49. The van der Waals surface area contributed by atoms with Gasteiger partial charge in [0, 0.05) is 28.7 Å². The average Bonchev–Trinajstić information content (AvgIpc) is 3.05. The molecule has 2 aromatic carbocycles. The van der Waals surface area contributed by atoms with Crippen molar-refractivity contribution in [3.63, 3.8) is 0 Å². The summed E-state index contributed by atoms with van der Waals surface area (Å²) >= 11 is 3.36. The maximum absolute atomic E-state index is 12.9. The highest BCUT2D eigenvalue weighted by Crippen LogP contribution is 2.23. The van der Waals surface area contributed by atoms with Crippen molar-refractivity contribution >= 4 is 37.9 Å². The van der Waals surface area contributed by atoms with E-state index < -0.39 is 15.9 Å². The van der Waals surface area contributed by atoms with Crippen LogP contribution in [0.3, 0.4) is 0 Å². The van der Waals surface area contributed by atoms with Gasteiger partial charge >= 0.3 is 6.01 Å². The van der Waals surface area contributed by atoms with E-state index in [4.69, 9.17) is 4.42 Å². The van der Waals surface area contributed by atoms with E-state index in [1.165, 1.54) is 28.6 Å². The van der Waals surface area contributed by atoms with Gasteiger partial charge in [-0.15, -0.1) is 5.10 Å². The first kappa shape index (κ1) is 21.7. The lowest BCUT2D eigenvalue weighted by Gasteiger charge is -2.19. The van der Waals surface area contributed by atoms with Gasteiger partial charge in [0.05, 0.1) is 4.90 Å². The lowest BCUT2D eigenvalue weighted by atomic mass is 10.2. The standard InChI is InChI=1S/C21H21BrN4O4S/c22-17-9-5-16(6-10-17)20-24-25-21(30-20)23-19(27)15-7-11-18(12-8-15)31(28,29)26-13-3-1-2-4-14-26/h5-12H,1-4,13-14H2,(H,23,25,27). The first-order chi connectivity index (χ1) is 14.9. The fourth-order valence-electron chi connectivity index (χ4n) is 3.36. The van der Waals surface area contributed by atoms with Crippen molar-refractivity contribution in [2.75, 3.05) is 18.4 Å². The number of carbonyl (C=O) groups excluding carboxylic acids is 1. The van der Waals surface area contributed by atoms with Crippen molar-refractivity contribution in [2.45, 2.75) is 30.6 Å². The number of aromatic nitrogens is 2. The molecule has 0 atom stereocenters. The molecule has 0 unspecified atom stereocenters. The summed E-state index contributed by atoms with van der Waals surface area (Å²) in [4.78, 5) is 12.7. The van der Waals surface area contributed by atoms with Crippen molar-refractivity contribution in [1.82, 2.24) is 14.5 Å². The summed E-state index contributed by atoms with van der Waals surface area (Å²) in [5.41, 5.74) is 1.01. The number of hydrogen-bond acceptors (Lipinski definition) is 6. The SMILES string of the molecule is O=C(Nc1nnc(-c2ccc(Br)cc2)o1)c1ccc(S(=O)(=O)N2CCCCCC2)cc1. The number of rotatable bonds is 5. The summed E-state index contributed by atoms with van der Waals surface area (Å²) in [6.45, 7) is 1.06. The molecule has 10 heteroatoms. The zero-order valence-corrected chi connectivity index (χ0v) is 19.0. The summed E-state index contributed by atoms with van der Waals surface area (Å²) in [5.74, 6) is -0.189. The molecule has 0 saturated carbocycles. The smallest absolute Gasteiger partial charge is 0.322 e. The Labute approximate surface area is 188 Å². The predicted octanol–water partition coefficient (Wildman–Crippen LogP) is 4.32. The Bertz CT molecular complexity index is 1150. The molecular weight excluding hydrogens is 484 g/mol. The third-order valence-corrected chi connectivity index (χ3v) is 7.50. The van der Waals surface area contributed by atoms with E-state index in [0.29, 0.717) is 18.7 Å². The molecule has 31 heavy (non-hydrogen) atoms. The van der Waals surface area contributed by atoms with Gasteiger partial charge in [-0.25, -0.2) is 8.42 Å². The fraction of sp³-hybridized carbons (Fsp3) is 0.286. The molecule has 4 rings (SSSR count). The van der Waals surface area contributed by atoms with Crippen LogP contribution in [-0.2, 0) is 10.0 Å². The van der Waals surface area contributed by atoms with Crippen LogP contribution < -0.4 is 5.32 Å². The Morgan fingerprint density at radius 3 is 2.23 bits per heavy atom. The van der Waals surface area contributed by atoms with E-state index in [-0.39, 0.29) is 16.8 Å². The van der Waals surface area contributed by atoms with Crippen LogP contribution in [0.5, 0.6) is 0 Å². The van der Waals surface area contributed by atoms with Gasteiger partial charge in [-0.1, -0.05) is 33.9 Å². The van der Waals surface area contributed by atoms with Gasteiger partial charge in [0.1, 0.15) is 0 Å². The summed E-state index contributed by atoms with van der Waals surface area (Å²) < 4.78 is 33.7. The van der Waals surface area contributed by atoms with Gasteiger partial charge in [0.15, 0.2) is 0 Å². The maximum atomic E-state index is 12.9. The van der Waals surface area contributed by atoms with Gasteiger partial charge in [-0.05, 0) is 61.4 Å². The number of nitrogens with zero attached hydrogens (tertiary/aromatic N) is 3. The minimum atomic E-state index is -3.56. The molecule has 1 fully saturated rings. The van der Waals surface area contributed by atoms with E-state index in [1.807, 2.05) is 24.3 Å². The molecule has 8 nitrogen and oxygen atoms in total. The molecule has 0 spiro atoms. The normalized spacial score (nSPS) is 15.4. The topological polar surface area (TPSA) is 105 Å². The van der Waals surface area contributed by atoms with Crippen LogP contribution in [0, 0.1) is 0 Å². The van der Waals surface area contributed by atoms with E-state index in [2.05, 4.69) is 31.4 Å². The second kappa shape index (κ2) is 9.29. The highest BCUT2D eigenvalue weighted by Gasteiger charge is 2.25. The van der Waals surface area contributed by atoms with Crippen LogP contribution in [0.2, 0.25) is 0 Å². The highest BCUT2D eigenvalue weighted by molar-refractivity contribution is 9.10. The first-order valence-electron chi connectivity index (χ1n) is 9.94. The number of amides is 1.